The van der Waals surface area contributed by atoms with E-state index in [0.717, 1.165) is 5.56 Å². The van der Waals surface area contributed by atoms with Gasteiger partial charge in [-0.25, -0.2) is 4.79 Å². The summed E-state index contributed by atoms with van der Waals surface area (Å²) < 4.78 is 5.00. The van der Waals surface area contributed by atoms with Gasteiger partial charge in [-0.2, -0.15) is 0 Å². The topological polar surface area (TPSA) is 67.5 Å². The highest BCUT2D eigenvalue weighted by Crippen LogP contribution is 2.31. The lowest BCUT2D eigenvalue weighted by Gasteiger charge is -2.08. The molecule has 1 aromatic heterocycles. The summed E-state index contributed by atoms with van der Waals surface area (Å²) in [6.07, 6.45) is 1.11. The fourth-order valence-electron chi connectivity index (χ4n) is 1.90. The van der Waals surface area contributed by atoms with Crippen molar-refractivity contribution in [3.8, 4) is 5.75 Å². The molecule has 0 unspecified atom stereocenters. The van der Waals surface area contributed by atoms with Crippen molar-refractivity contribution in [2.75, 3.05) is 0 Å². The molecule has 1 N–H and O–H groups in total. The van der Waals surface area contributed by atoms with E-state index in [0.29, 0.717) is 23.7 Å². The Morgan fingerprint density at radius 1 is 1.41 bits per heavy atom. The molecule has 2 aromatic rings. The van der Waals surface area contributed by atoms with E-state index in [1.54, 1.807) is 13.0 Å². The second-order valence-electron chi connectivity index (χ2n) is 3.89. The highest BCUT2D eigenvalue weighted by Gasteiger charge is 2.15. The minimum atomic E-state index is -0.526. The molecule has 0 saturated carbocycles. The summed E-state index contributed by atoms with van der Waals surface area (Å²) in [5, 5.41) is 10.6. The number of aromatic hydroxyl groups is 1. The zero-order chi connectivity index (χ0) is 12.6. The maximum atomic E-state index is 11.3. The van der Waals surface area contributed by atoms with Crippen molar-refractivity contribution < 1.29 is 14.3 Å². The van der Waals surface area contributed by atoms with Gasteiger partial charge in [0.05, 0.1) is 5.56 Å². The highest BCUT2D eigenvalue weighted by atomic mass is 16.4. The molecule has 0 aliphatic rings. The van der Waals surface area contributed by atoms with Crippen LogP contribution in [0.3, 0.4) is 0 Å². The van der Waals surface area contributed by atoms with Gasteiger partial charge in [-0.05, 0) is 30.5 Å². The number of carbonyl (C=O) groups is 1. The number of hydrogen-bond acceptors (Lipinski definition) is 4. The Hall–Kier alpha value is -2.10. The van der Waals surface area contributed by atoms with Gasteiger partial charge in [-0.15, -0.1) is 0 Å². The first-order valence-electron chi connectivity index (χ1n) is 5.33. The monoisotopic (exact) mass is 232 g/mol. The molecule has 0 atom stereocenters. The zero-order valence-electron chi connectivity index (χ0n) is 9.61. The third-order valence-corrected chi connectivity index (χ3v) is 2.83. The summed E-state index contributed by atoms with van der Waals surface area (Å²) in [7, 11) is 0. The molecule has 0 fully saturated rings. The first-order valence-corrected chi connectivity index (χ1v) is 5.33. The summed E-state index contributed by atoms with van der Waals surface area (Å²) in [4.78, 5) is 22.3. The molecular weight excluding hydrogens is 220 g/mol. The highest BCUT2D eigenvalue weighted by molar-refractivity contribution is 5.99. The number of hydrogen-bond donors (Lipinski definition) is 1. The van der Waals surface area contributed by atoms with E-state index in [1.807, 2.05) is 6.92 Å². The largest absolute Gasteiger partial charge is 0.507 e. The number of aryl methyl sites for hydroxylation is 2. The molecule has 4 heteroatoms. The van der Waals surface area contributed by atoms with Crippen LogP contribution in [0.4, 0.5) is 0 Å². The maximum Gasteiger partial charge on any atom is 0.336 e. The van der Waals surface area contributed by atoms with Crippen molar-refractivity contribution in [3.05, 3.63) is 39.2 Å². The van der Waals surface area contributed by atoms with Crippen molar-refractivity contribution in [2.24, 2.45) is 0 Å². The summed E-state index contributed by atoms with van der Waals surface area (Å²) in [5.74, 6) is -0.108. The van der Waals surface area contributed by atoms with Crippen molar-refractivity contribution in [3.63, 3.8) is 0 Å². The van der Waals surface area contributed by atoms with Crippen LogP contribution in [0.2, 0.25) is 0 Å². The molecular formula is C13H12O4. The number of fused-ring (bicyclic) bond motifs is 1. The molecule has 0 bridgehead atoms. The van der Waals surface area contributed by atoms with Crippen molar-refractivity contribution in [1.29, 1.82) is 0 Å². The average Bonchev–Trinajstić information content (AvgIpc) is 2.28. The van der Waals surface area contributed by atoms with Gasteiger partial charge in [-0.3, -0.25) is 4.79 Å². The van der Waals surface area contributed by atoms with Gasteiger partial charge >= 0.3 is 5.63 Å². The Balaban J connectivity index is 3.03. The molecule has 0 saturated heterocycles. The maximum absolute atomic E-state index is 11.3. The summed E-state index contributed by atoms with van der Waals surface area (Å²) in [5.41, 5.74) is 1.06. The van der Waals surface area contributed by atoms with Gasteiger partial charge in [0.1, 0.15) is 5.75 Å². The van der Waals surface area contributed by atoms with Crippen molar-refractivity contribution in [2.45, 2.75) is 20.3 Å². The van der Waals surface area contributed by atoms with Crippen LogP contribution in [0.5, 0.6) is 5.75 Å². The van der Waals surface area contributed by atoms with E-state index < -0.39 is 5.63 Å². The van der Waals surface area contributed by atoms with Crippen LogP contribution in [0.25, 0.3) is 11.0 Å². The molecule has 0 aliphatic heterocycles. The molecule has 2 rings (SSSR count). The van der Waals surface area contributed by atoms with Gasteiger partial charge in [0.15, 0.2) is 11.9 Å². The van der Waals surface area contributed by atoms with Crippen LogP contribution in [-0.2, 0) is 6.42 Å². The second kappa shape index (κ2) is 4.05. The third kappa shape index (κ3) is 1.71. The van der Waals surface area contributed by atoms with Gasteiger partial charge in [0, 0.05) is 11.5 Å². The first kappa shape index (κ1) is 11.4. The Morgan fingerprint density at radius 3 is 2.71 bits per heavy atom. The van der Waals surface area contributed by atoms with Crippen molar-refractivity contribution >= 4 is 17.3 Å². The van der Waals surface area contributed by atoms with Crippen LogP contribution >= 0.6 is 0 Å². The normalized spacial score (nSPS) is 10.7. The van der Waals surface area contributed by atoms with Gasteiger partial charge in [-0.1, -0.05) is 6.92 Å². The first-order chi connectivity index (χ1) is 8.08. The molecule has 0 amide bonds. The SMILES string of the molecule is CCc1cc2c(C)cc(=O)oc2c(C=O)c1O. The van der Waals surface area contributed by atoms with Crippen LogP contribution in [-0.4, -0.2) is 11.4 Å². The van der Waals surface area contributed by atoms with Gasteiger partial charge < -0.3 is 9.52 Å². The van der Waals surface area contributed by atoms with E-state index in [1.165, 1.54) is 6.07 Å². The number of carbonyl (C=O) groups excluding carboxylic acids is 1. The Labute approximate surface area is 97.5 Å². The molecule has 0 aliphatic carbocycles. The molecule has 4 nitrogen and oxygen atoms in total. The molecule has 88 valence electrons. The quantitative estimate of drug-likeness (QED) is 0.636. The number of phenolic OH excluding ortho intramolecular Hbond substituents is 1. The number of aldehydes is 1. The average molecular weight is 232 g/mol. The van der Waals surface area contributed by atoms with Crippen LogP contribution in [0.1, 0.15) is 28.4 Å². The number of benzene rings is 1. The zero-order valence-corrected chi connectivity index (χ0v) is 9.61. The van der Waals surface area contributed by atoms with E-state index in [4.69, 9.17) is 4.42 Å². The third-order valence-electron chi connectivity index (χ3n) is 2.83. The molecule has 17 heavy (non-hydrogen) atoms. The number of rotatable bonds is 2. The minimum Gasteiger partial charge on any atom is -0.507 e. The second-order valence-corrected chi connectivity index (χ2v) is 3.89. The minimum absolute atomic E-state index is 0.0418. The smallest absolute Gasteiger partial charge is 0.336 e. The van der Waals surface area contributed by atoms with E-state index in [9.17, 15) is 14.7 Å². The predicted molar refractivity (Wildman–Crippen MR) is 63.7 cm³/mol. The molecule has 1 aromatic carbocycles. The van der Waals surface area contributed by atoms with Crippen LogP contribution in [0.15, 0.2) is 21.3 Å². The van der Waals surface area contributed by atoms with Gasteiger partial charge in [0.25, 0.3) is 0 Å². The van der Waals surface area contributed by atoms with E-state index in [-0.39, 0.29) is 16.9 Å². The lowest BCUT2D eigenvalue weighted by Crippen LogP contribution is -2.01. The molecule has 0 spiro atoms. The summed E-state index contributed by atoms with van der Waals surface area (Å²) in [6, 6.07) is 3.11. The Kier molecular flexibility index (Phi) is 2.71. The fourth-order valence-corrected chi connectivity index (χ4v) is 1.90. The van der Waals surface area contributed by atoms with E-state index in [2.05, 4.69) is 0 Å². The number of phenols is 1. The fraction of sp³-hybridized carbons (Fsp3) is 0.231. The molecule has 0 radical (unpaired) electrons. The Morgan fingerprint density at radius 2 is 2.12 bits per heavy atom. The van der Waals surface area contributed by atoms with Gasteiger partial charge in [0.2, 0.25) is 0 Å². The summed E-state index contributed by atoms with van der Waals surface area (Å²) in [6.45, 7) is 3.65. The summed E-state index contributed by atoms with van der Waals surface area (Å²) >= 11 is 0. The van der Waals surface area contributed by atoms with Crippen molar-refractivity contribution in [1.82, 2.24) is 0 Å². The lowest BCUT2D eigenvalue weighted by molar-refractivity contribution is 0.112. The van der Waals surface area contributed by atoms with Crippen LogP contribution < -0.4 is 5.63 Å². The van der Waals surface area contributed by atoms with Crippen LogP contribution in [0, 0.1) is 6.92 Å². The predicted octanol–water partition coefficient (Wildman–Crippen LogP) is 2.18. The van der Waals surface area contributed by atoms with E-state index >= 15 is 0 Å². The standard InChI is InChI=1S/C13H12O4/c1-3-8-5-9-7(2)4-11(15)17-13(9)10(6-14)12(8)16/h4-6,16H,3H2,1-2H3. The molecule has 1 heterocycles. The Bertz CT molecular complexity index is 652. The lowest BCUT2D eigenvalue weighted by atomic mass is 10.0.